The first kappa shape index (κ1) is 24.6. The third-order valence-electron chi connectivity index (χ3n) is 9.70. The summed E-state index contributed by atoms with van der Waals surface area (Å²) in [6.45, 7) is 7.55. The van der Waals surface area contributed by atoms with E-state index in [1.165, 1.54) is 0 Å². The van der Waals surface area contributed by atoms with Crippen LogP contribution in [-0.4, -0.2) is 63.7 Å². The van der Waals surface area contributed by atoms with Gasteiger partial charge in [-0.05, 0) is 50.8 Å². The van der Waals surface area contributed by atoms with Crippen molar-refractivity contribution in [2.75, 3.05) is 6.61 Å². The maximum absolute atomic E-state index is 14.1. The van der Waals surface area contributed by atoms with Crippen molar-refractivity contribution in [1.29, 1.82) is 0 Å². The monoisotopic (exact) mass is 484 g/mol. The van der Waals surface area contributed by atoms with Crippen LogP contribution < -0.4 is 0 Å². The highest BCUT2D eigenvalue weighted by molar-refractivity contribution is 5.93. The number of hydrogen-bond acceptors (Lipinski definition) is 7. The van der Waals surface area contributed by atoms with Crippen molar-refractivity contribution in [1.82, 2.24) is 0 Å². The first-order valence-electron chi connectivity index (χ1n) is 12.6. The van der Waals surface area contributed by atoms with Crippen molar-refractivity contribution in [2.45, 2.75) is 83.4 Å². The van der Waals surface area contributed by atoms with Crippen LogP contribution in [0.5, 0.6) is 0 Å². The lowest BCUT2D eigenvalue weighted by molar-refractivity contribution is -0.272. The first-order valence-corrected chi connectivity index (χ1v) is 12.6. The van der Waals surface area contributed by atoms with Crippen LogP contribution in [0.25, 0.3) is 0 Å². The Labute approximate surface area is 206 Å². The van der Waals surface area contributed by atoms with Gasteiger partial charge >= 0.3 is 5.97 Å². The van der Waals surface area contributed by atoms with Crippen molar-refractivity contribution in [3.8, 4) is 0 Å². The number of carbonyl (C=O) groups excluding carboxylic acids is 2. The summed E-state index contributed by atoms with van der Waals surface area (Å²) >= 11 is 0. The van der Waals surface area contributed by atoms with E-state index >= 15 is 0 Å². The summed E-state index contributed by atoms with van der Waals surface area (Å²) in [6.07, 6.45) is -2.12. The lowest BCUT2D eigenvalue weighted by Gasteiger charge is -2.62. The van der Waals surface area contributed by atoms with Gasteiger partial charge in [0.15, 0.2) is 5.78 Å². The van der Waals surface area contributed by atoms with E-state index in [-0.39, 0.29) is 18.4 Å². The molecule has 8 atom stereocenters. The van der Waals surface area contributed by atoms with Crippen LogP contribution in [0, 0.1) is 22.7 Å². The van der Waals surface area contributed by atoms with Crippen LogP contribution in [0.2, 0.25) is 0 Å². The van der Waals surface area contributed by atoms with Gasteiger partial charge in [-0.15, -0.1) is 0 Å². The fourth-order valence-electron chi connectivity index (χ4n) is 7.48. The number of carbonyl (C=O) groups is 2. The van der Waals surface area contributed by atoms with Crippen LogP contribution in [0.3, 0.4) is 0 Å². The number of allylic oxidation sites excluding steroid dienone is 1. The van der Waals surface area contributed by atoms with Gasteiger partial charge in [0.2, 0.25) is 0 Å². The smallest absolute Gasteiger partial charge is 0.338 e. The zero-order chi connectivity index (χ0) is 25.3. The number of Topliss-reactive ketones (excluding diaryl/α,β-unsaturated/α-hetero) is 1. The van der Waals surface area contributed by atoms with Crippen LogP contribution in [0.15, 0.2) is 41.5 Å². The maximum atomic E-state index is 14.1. The Kier molecular flexibility index (Phi) is 5.79. The van der Waals surface area contributed by atoms with Gasteiger partial charge in [-0.25, -0.2) is 4.79 Å². The summed E-state index contributed by atoms with van der Waals surface area (Å²) in [5.74, 6) is -1.97. The van der Waals surface area contributed by atoms with E-state index in [4.69, 9.17) is 9.47 Å². The summed E-state index contributed by atoms with van der Waals surface area (Å²) in [5.41, 5.74) is -2.38. The molecule has 35 heavy (non-hydrogen) atoms. The fraction of sp³-hybridized carbons (Fsp3) is 0.643. The first-order chi connectivity index (χ1) is 16.4. The molecule has 1 aromatic rings. The van der Waals surface area contributed by atoms with Gasteiger partial charge in [0.25, 0.3) is 0 Å². The Bertz CT molecular complexity index is 1060. The van der Waals surface area contributed by atoms with E-state index in [9.17, 15) is 24.9 Å². The molecule has 2 saturated carbocycles. The van der Waals surface area contributed by atoms with Gasteiger partial charge in [0, 0.05) is 23.7 Å². The Hall–Kier alpha value is -2.06. The molecule has 3 aliphatic carbocycles. The van der Waals surface area contributed by atoms with E-state index in [1.807, 2.05) is 20.8 Å². The Morgan fingerprint density at radius 2 is 1.83 bits per heavy atom. The third kappa shape index (κ3) is 3.31. The summed E-state index contributed by atoms with van der Waals surface area (Å²) in [7, 11) is 0. The summed E-state index contributed by atoms with van der Waals surface area (Å²) in [4.78, 5) is 27.5. The average molecular weight is 485 g/mol. The molecule has 190 valence electrons. The highest BCUT2D eigenvalue weighted by Gasteiger charge is 2.70. The van der Waals surface area contributed by atoms with E-state index < -0.39 is 52.4 Å². The lowest BCUT2D eigenvalue weighted by atomic mass is 9.47. The van der Waals surface area contributed by atoms with Crippen LogP contribution >= 0.6 is 0 Å². The minimum Gasteiger partial charge on any atom is -0.455 e. The second kappa shape index (κ2) is 8.23. The van der Waals surface area contributed by atoms with Gasteiger partial charge in [-0.2, -0.15) is 0 Å². The number of aliphatic hydroxyl groups excluding tert-OH is 2. The molecule has 0 spiro atoms. The molecule has 5 rings (SSSR count). The molecule has 1 heterocycles. The van der Waals surface area contributed by atoms with Gasteiger partial charge < -0.3 is 24.8 Å². The maximum Gasteiger partial charge on any atom is 0.338 e. The molecule has 7 heteroatoms. The summed E-state index contributed by atoms with van der Waals surface area (Å²) < 4.78 is 12.0. The normalized spacial score (nSPS) is 42.5. The molecular formula is C28H36O7. The number of ether oxygens (including phenoxy) is 2. The molecule has 7 nitrogen and oxygen atoms in total. The second-order valence-electron chi connectivity index (χ2n) is 11.7. The predicted molar refractivity (Wildman–Crippen MR) is 127 cm³/mol. The van der Waals surface area contributed by atoms with Crippen molar-refractivity contribution in [3.63, 3.8) is 0 Å². The van der Waals surface area contributed by atoms with Gasteiger partial charge in [0.1, 0.15) is 17.8 Å². The number of aliphatic hydroxyl groups is 3. The fourth-order valence-corrected chi connectivity index (χ4v) is 7.48. The van der Waals surface area contributed by atoms with E-state index in [0.29, 0.717) is 37.0 Å². The minimum absolute atomic E-state index is 0.192. The van der Waals surface area contributed by atoms with Crippen molar-refractivity contribution < 1.29 is 34.4 Å². The predicted octanol–water partition coefficient (Wildman–Crippen LogP) is 2.82. The highest BCUT2D eigenvalue weighted by Crippen LogP contribution is 2.61. The van der Waals surface area contributed by atoms with Crippen LogP contribution in [0.1, 0.15) is 63.7 Å². The molecule has 3 N–H and O–H groups in total. The zero-order valence-corrected chi connectivity index (χ0v) is 20.9. The van der Waals surface area contributed by atoms with Gasteiger partial charge in [-0.3, -0.25) is 4.79 Å². The molecule has 2 bridgehead atoms. The molecule has 0 radical (unpaired) electrons. The SMILES string of the molecule is CC1=C2[C@@H](O)C(=O)[C@@]3(C)C([C@@H]4CO[C@@H]4C[C@@H]3O)[C@H](OC(=O)c3ccccc3)[C@](O)(CCC1)C2(C)C. The Morgan fingerprint density at radius 1 is 1.14 bits per heavy atom. The average Bonchev–Trinajstić information content (AvgIpc) is 2.90. The quantitative estimate of drug-likeness (QED) is 0.437. The second-order valence-corrected chi connectivity index (χ2v) is 11.7. The molecule has 3 fully saturated rings. The summed E-state index contributed by atoms with van der Waals surface area (Å²) in [5, 5.41) is 35.4. The van der Waals surface area contributed by atoms with E-state index in [1.54, 1.807) is 37.3 Å². The van der Waals surface area contributed by atoms with E-state index in [2.05, 4.69) is 0 Å². The molecule has 1 saturated heterocycles. The molecule has 0 amide bonds. The Morgan fingerprint density at radius 3 is 2.46 bits per heavy atom. The number of benzene rings is 1. The number of fused-ring (bicyclic) bond motifs is 5. The van der Waals surface area contributed by atoms with Gasteiger partial charge in [-0.1, -0.05) is 37.6 Å². The van der Waals surface area contributed by atoms with Crippen LogP contribution in [-0.2, 0) is 14.3 Å². The minimum atomic E-state index is -1.57. The number of ketones is 1. The van der Waals surface area contributed by atoms with Crippen molar-refractivity contribution >= 4 is 11.8 Å². The molecule has 4 aliphatic rings. The highest BCUT2D eigenvalue weighted by atomic mass is 16.6. The van der Waals surface area contributed by atoms with Crippen molar-refractivity contribution in [3.05, 3.63) is 47.0 Å². The van der Waals surface area contributed by atoms with E-state index in [0.717, 1.165) is 5.57 Å². The summed E-state index contributed by atoms with van der Waals surface area (Å²) in [6, 6.07) is 8.60. The van der Waals surface area contributed by atoms with Crippen molar-refractivity contribution in [2.24, 2.45) is 22.7 Å². The Balaban J connectivity index is 1.74. The lowest BCUT2D eigenvalue weighted by Crippen LogP contribution is -2.73. The topological polar surface area (TPSA) is 113 Å². The molecule has 1 unspecified atom stereocenters. The standard InChI is InChI=1S/C28H36O7/c1-15-9-8-12-28(33)24(35-25(32)16-10-6-5-7-11-16)21-17-14-34-18(17)13-19(29)27(21,4)23(31)22(30)20(15)26(28,2)3/h5-7,10-11,17-19,21-22,24,29-30,33H,8-9,12-14H2,1-4H3/t17-,18-,19+,21?,22-,24+,27-,28-/m1/s1. The molecule has 1 aromatic carbocycles. The molecule has 0 aromatic heterocycles. The zero-order valence-electron chi connectivity index (χ0n) is 20.9. The molecular weight excluding hydrogens is 448 g/mol. The van der Waals surface area contributed by atoms with Crippen LogP contribution in [0.4, 0.5) is 0 Å². The number of esters is 1. The number of hydrogen-bond donors (Lipinski definition) is 3. The molecule has 1 aliphatic heterocycles. The van der Waals surface area contributed by atoms with Gasteiger partial charge in [0.05, 0.1) is 29.8 Å². The number of rotatable bonds is 2. The third-order valence-corrected chi connectivity index (χ3v) is 9.70. The largest absolute Gasteiger partial charge is 0.455 e.